The fourth-order valence-corrected chi connectivity index (χ4v) is 3.07. The number of halogens is 2. The van der Waals surface area contributed by atoms with Gasteiger partial charge in [-0.1, -0.05) is 49.6 Å². The van der Waals surface area contributed by atoms with Crippen LogP contribution in [0.2, 0.25) is 0 Å². The number of hydrogen-bond donors (Lipinski definition) is 0. The van der Waals surface area contributed by atoms with Gasteiger partial charge in [-0.3, -0.25) is 0 Å². The molecule has 2 aromatic carbocycles. The minimum absolute atomic E-state index is 0.0849. The van der Waals surface area contributed by atoms with Crippen LogP contribution in [-0.4, -0.2) is 13.4 Å². The smallest absolute Gasteiger partial charge is 0.201 e. The molecule has 0 atom stereocenters. The van der Waals surface area contributed by atoms with E-state index in [0.717, 1.165) is 30.6 Å². The first kappa shape index (κ1) is 20.1. The molecule has 1 saturated carbocycles. The summed E-state index contributed by atoms with van der Waals surface area (Å²) in [5, 5.41) is 0. The molecule has 3 rings (SSSR count). The van der Waals surface area contributed by atoms with Gasteiger partial charge in [-0.2, -0.15) is 4.39 Å². The average molecular weight is 360 g/mol. The molecular weight excluding hydrogens is 334 g/mol. The standard InChI is InChI=1S/C14H12F2O.C8H14O/c1-9-3-5-10(6-4-9)11-7-8-12(17-2)14(16)13(11)15;1-7-2-4-8(6-9)5-3-7/h3-8H,1-2H3;6-8H,2-5H2,1H3. The number of rotatable bonds is 3. The van der Waals surface area contributed by atoms with E-state index in [1.165, 1.54) is 32.1 Å². The molecule has 0 unspecified atom stereocenters. The van der Waals surface area contributed by atoms with Gasteiger partial charge in [0.25, 0.3) is 0 Å². The van der Waals surface area contributed by atoms with Crippen molar-refractivity contribution in [2.45, 2.75) is 39.5 Å². The maximum atomic E-state index is 13.8. The van der Waals surface area contributed by atoms with Crippen molar-refractivity contribution >= 4 is 6.29 Å². The number of carbonyl (C=O) groups excluding carboxylic acids is 1. The zero-order chi connectivity index (χ0) is 19.1. The van der Waals surface area contributed by atoms with Gasteiger partial charge in [-0.15, -0.1) is 0 Å². The Morgan fingerprint density at radius 1 is 0.962 bits per heavy atom. The topological polar surface area (TPSA) is 26.3 Å². The van der Waals surface area contributed by atoms with Crippen molar-refractivity contribution in [1.29, 1.82) is 0 Å². The molecule has 4 heteroatoms. The van der Waals surface area contributed by atoms with E-state index in [1.54, 1.807) is 12.1 Å². The van der Waals surface area contributed by atoms with Crippen molar-refractivity contribution in [3.63, 3.8) is 0 Å². The quantitative estimate of drug-likeness (QED) is 0.631. The Bertz CT molecular complexity index is 718. The van der Waals surface area contributed by atoms with Crippen LogP contribution >= 0.6 is 0 Å². The summed E-state index contributed by atoms with van der Waals surface area (Å²) >= 11 is 0. The SMILES string of the molecule is CC1CCC(C=O)CC1.COc1ccc(-c2ccc(C)cc2)c(F)c1F. The lowest BCUT2D eigenvalue weighted by Crippen LogP contribution is -2.12. The zero-order valence-electron chi connectivity index (χ0n) is 15.6. The number of benzene rings is 2. The predicted molar refractivity (Wildman–Crippen MR) is 100 cm³/mol. The van der Waals surface area contributed by atoms with Crippen LogP contribution in [0.5, 0.6) is 5.75 Å². The lowest BCUT2D eigenvalue weighted by molar-refractivity contribution is -0.112. The summed E-state index contributed by atoms with van der Waals surface area (Å²) in [7, 11) is 1.31. The molecule has 140 valence electrons. The number of ether oxygens (including phenoxy) is 1. The molecular formula is C22H26F2O2. The highest BCUT2D eigenvalue weighted by molar-refractivity contribution is 5.65. The van der Waals surface area contributed by atoms with Crippen LogP contribution in [0, 0.1) is 30.4 Å². The van der Waals surface area contributed by atoms with Gasteiger partial charge in [0, 0.05) is 11.5 Å². The van der Waals surface area contributed by atoms with Crippen LogP contribution in [0.1, 0.15) is 38.2 Å². The van der Waals surface area contributed by atoms with Crippen molar-refractivity contribution in [1.82, 2.24) is 0 Å². The van der Waals surface area contributed by atoms with Crippen molar-refractivity contribution in [3.05, 3.63) is 53.6 Å². The molecule has 0 N–H and O–H groups in total. The highest BCUT2D eigenvalue weighted by Crippen LogP contribution is 2.29. The van der Waals surface area contributed by atoms with E-state index in [4.69, 9.17) is 4.74 Å². The maximum Gasteiger partial charge on any atom is 0.201 e. The van der Waals surface area contributed by atoms with E-state index in [2.05, 4.69) is 6.92 Å². The molecule has 1 aliphatic rings. The largest absolute Gasteiger partial charge is 0.494 e. The summed E-state index contributed by atoms with van der Waals surface area (Å²) in [5.74, 6) is -0.667. The average Bonchev–Trinajstić information content (AvgIpc) is 2.66. The Kier molecular flexibility index (Phi) is 7.31. The van der Waals surface area contributed by atoms with Gasteiger partial charge in [0.1, 0.15) is 6.29 Å². The molecule has 1 fully saturated rings. The van der Waals surface area contributed by atoms with Crippen molar-refractivity contribution in [2.24, 2.45) is 11.8 Å². The normalized spacial score (nSPS) is 19.3. The number of hydrogen-bond acceptors (Lipinski definition) is 2. The van der Waals surface area contributed by atoms with E-state index in [-0.39, 0.29) is 11.3 Å². The zero-order valence-corrected chi connectivity index (χ0v) is 15.6. The summed E-state index contributed by atoms with van der Waals surface area (Å²) < 4.78 is 32.0. The Morgan fingerprint density at radius 3 is 2.12 bits per heavy atom. The minimum Gasteiger partial charge on any atom is -0.494 e. The first-order valence-electron chi connectivity index (χ1n) is 9.00. The summed E-state index contributed by atoms with van der Waals surface area (Å²) in [6, 6.07) is 10.2. The second-order valence-electron chi connectivity index (χ2n) is 6.97. The first-order valence-corrected chi connectivity index (χ1v) is 9.00. The summed E-state index contributed by atoms with van der Waals surface area (Å²) in [4.78, 5) is 10.3. The second kappa shape index (κ2) is 9.46. The molecule has 0 aliphatic heterocycles. The molecule has 1 aliphatic carbocycles. The Labute approximate surface area is 154 Å². The lowest BCUT2D eigenvalue weighted by atomic mass is 9.84. The van der Waals surface area contributed by atoms with E-state index in [9.17, 15) is 13.6 Å². The van der Waals surface area contributed by atoms with Gasteiger partial charge >= 0.3 is 0 Å². The summed E-state index contributed by atoms with van der Waals surface area (Å²) in [5.41, 5.74) is 1.96. The monoisotopic (exact) mass is 360 g/mol. The minimum atomic E-state index is -0.953. The highest BCUT2D eigenvalue weighted by atomic mass is 19.2. The molecule has 0 radical (unpaired) electrons. The highest BCUT2D eigenvalue weighted by Gasteiger charge is 2.16. The van der Waals surface area contributed by atoms with E-state index < -0.39 is 11.6 Å². The molecule has 0 heterocycles. The third-order valence-corrected chi connectivity index (χ3v) is 4.88. The Morgan fingerprint density at radius 2 is 1.58 bits per heavy atom. The van der Waals surface area contributed by atoms with E-state index >= 15 is 0 Å². The van der Waals surface area contributed by atoms with Crippen LogP contribution < -0.4 is 4.74 Å². The third kappa shape index (κ3) is 5.13. The molecule has 0 spiro atoms. The molecule has 0 amide bonds. The summed E-state index contributed by atoms with van der Waals surface area (Å²) in [6.07, 6.45) is 5.88. The van der Waals surface area contributed by atoms with Gasteiger partial charge in [0.05, 0.1) is 7.11 Å². The number of aldehydes is 1. The van der Waals surface area contributed by atoms with E-state index in [0.29, 0.717) is 11.5 Å². The van der Waals surface area contributed by atoms with E-state index in [1.807, 2.05) is 19.1 Å². The molecule has 0 aromatic heterocycles. The fraction of sp³-hybridized carbons (Fsp3) is 0.409. The Hall–Kier alpha value is -2.23. The molecule has 0 bridgehead atoms. The molecule has 0 saturated heterocycles. The second-order valence-corrected chi connectivity index (χ2v) is 6.97. The molecule has 26 heavy (non-hydrogen) atoms. The van der Waals surface area contributed by atoms with Gasteiger partial charge in [-0.25, -0.2) is 4.39 Å². The number of carbonyl (C=O) groups is 1. The van der Waals surface area contributed by atoms with Crippen molar-refractivity contribution < 1.29 is 18.3 Å². The van der Waals surface area contributed by atoms with Gasteiger partial charge < -0.3 is 9.53 Å². The lowest BCUT2D eigenvalue weighted by Gasteiger charge is -2.21. The van der Waals surface area contributed by atoms with Crippen LogP contribution in [0.15, 0.2) is 36.4 Å². The van der Waals surface area contributed by atoms with Crippen molar-refractivity contribution in [3.8, 4) is 16.9 Å². The number of methoxy groups -OCH3 is 1. The van der Waals surface area contributed by atoms with Gasteiger partial charge in [0.15, 0.2) is 11.6 Å². The van der Waals surface area contributed by atoms with Crippen LogP contribution in [0.4, 0.5) is 8.78 Å². The van der Waals surface area contributed by atoms with Crippen LogP contribution in [0.3, 0.4) is 0 Å². The fourth-order valence-electron chi connectivity index (χ4n) is 3.07. The molecule has 2 aromatic rings. The predicted octanol–water partition coefficient (Wildman–Crippen LogP) is 5.96. The maximum absolute atomic E-state index is 13.8. The third-order valence-electron chi connectivity index (χ3n) is 4.88. The van der Waals surface area contributed by atoms with Gasteiger partial charge in [0.2, 0.25) is 5.82 Å². The first-order chi connectivity index (χ1) is 12.5. The van der Waals surface area contributed by atoms with Crippen LogP contribution in [-0.2, 0) is 4.79 Å². The molecule has 2 nitrogen and oxygen atoms in total. The Balaban J connectivity index is 0.000000228. The summed E-state index contributed by atoms with van der Waals surface area (Å²) in [6.45, 7) is 4.20. The van der Waals surface area contributed by atoms with Gasteiger partial charge in [-0.05, 0) is 43.4 Å². The van der Waals surface area contributed by atoms with Crippen LogP contribution in [0.25, 0.3) is 11.1 Å². The van der Waals surface area contributed by atoms with Crippen molar-refractivity contribution in [2.75, 3.05) is 7.11 Å². The number of aryl methyl sites for hydroxylation is 1.